The summed E-state index contributed by atoms with van der Waals surface area (Å²) in [4.78, 5) is 19.4. The Hall–Kier alpha value is -2.54. The van der Waals surface area contributed by atoms with Crippen LogP contribution < -0.4 is 15.4 Å². The largest absolute Gasteiger partial charge is 0.494 e. The Morgan fingerprint density at radius 2 is 2.00 bits per heavy atom. The van der Waals surface area contributed by atoms with Gasteiger partial charge in [-0.3, -0.25) is 4.79 Å². The second kappa shape index (κ2) is 11.2. The van der Waals surface area contributed by atoms with E-state index in [1.807, 2.05) is 37.3 Å². The average Bonchev–Trinajstić information content (AvgIpc) is 3.18. The first-order valence-corrected chi connectivity index (χ1v) is 9.93. The summed E-state index contributed by atoms with van der Waals surface area (Å²) in [5.74, 6) is 1.46. The topological polar surface area (TPSA) is 66.0 Å². The number of guanidine groups is 1. The lowest BCUT2D eigenvalue weighted by molar-refractivity contribution is -0.127. The molecule has 1 heterocycles. The van der Waals surface area contributed by atoms with E-state index in [0.717, 1.165) is 24.3 Å². The number of benzene rings is 1. The Labute approximate surface area is 165 Å². The Morgan fingerprint density at radius 1 is 1.19 bits per heavy atom. The molecular formula is C20H28N4O2S. The van der Waals surface area contributed by atoms with Crippen LogP contribution in [-0.4, -0.2) is 50.6 Å². The fourth-order valence-electron chi connectivity index (χ4n) is 2.35. The highest BCUT2D eigenvalue weighted by atomic mass is 32.1. The van der Waals surface area contributed by atoms with Gasteiger partial charge in [-0.1, -0.05) is 24.3 Å². The summed E-state index contributed by atoms with van der Waals surface area (Å²) in [6.45, 7) is 4.00. The predicted molar refractivity (Wildman–Crippen MR) is 111 cm³/mol. The van der Waals surface area contributed by atoms with E-state index in [4.69, 9.17) is 4.74 Å². The lowest BCUT2D eigenvalue weighted by Gasteiger charge is -2.15. The summed E-state index contributed by atoms with van der Waals surface area (Å²) in [6, 6.07) is 12.0. The second-order valence-corrected chi connectivity index (χ2v) is 7.14. The monoisotopic (exact) mass is 388 g/mol. The summed E-state index contributed by atoms with van der Waals surface area (Å²) >= 11 is 1.74. The van der Waals surface area contributed by atoms with Crippen LogP contribution in [0.5, 0.6) is 5.75 Å². The van der Waals surface area contributed by atoms with E-state index >= 15 is 0 Å². The maximum Gasteiger partial charge on any atom is 0.241 e. The molecule has 1 aromatic carbocycles. The summed E-state index contributed by atoms with van der Waals surface area (Å²) in [5, 5.41) is 8.49. The van der Waals surface area contributed by atoms with E-state index in [1.165, 1.54) is 4.88 Å². The van der Waals surface area contributed by atoms with Crippen molar-refractivity contribution in [1.29, 1.82) is 0 Å². The van der Waals surface area contributed by atoms with Crippen molar-refractivity contribution in [2.24, 2.45) is 4.99 Å². The molecule has 146 valence electrons. The van der Waals surface area contributed by atoms with Gasteiger partial charge in [-0.05, 0) is 30.9 Å². The zero-order chi connectivity index (χ0) is 19.5. The van der Waals surface area contributed by atoms with Crippen molar-refractivity contribution in [3.8, 4) is 5.75 Å². The molecule has 0 bridgehead atoms. The SMILES string of the molecule is CCOc1ccccc1CN=C(NCCc1cccs1)NCC(=O)N(C)C. The van der Waals surface area contributed by atoms with Crippen molar-refractivity contribution >= 4 is 23.2 Å². The zero-order valence-electron chi connectivity index (χ0n) is 16.2. The molecule has 2 aromatic rings. The second-order valence-electron chi connectivity index (χ2n) is 6.10. The van der Waals surface area contributed by atoms with Crippen LogP contribution in [0.3, 0.4) is 0 Å². The number of thiophene rings is 1. The fraction of sp³-hybridized carbons (Fsp3) is 0.400. The molecule has 0 aliphatic rings. The molecule has 0 aliphatic heterocycles. The molecule has 0 fully saturated rings. The van der Waals surface area contributed by atoms with Crippen molar-refractivity contribution in [1.82, 2.24) is 15.5 Å². The van der Waals surface area contributed by atoms with Crippen LogP contribution in [0, 0.1) is 0 Å². The Balaban J connectivity index is 2.00. The van der Waals surface area contributed by atoms with E-state index in [0.29, 0.717) is 19.1 Å². The molecule has 7 heteroatoms. The maximum absolute atomic E-state index is 11.9. The third kappa shape index (κ3) is 7.30. The first-order valence-electron chi connectivity index (χ1n) is 9.05. The highest BCUT2D eigenvalue weighted by Crippen LogP contribution is 2.18. The van der Waals surface area contributed by atoms with Crippen LogP contribution >= 0.6 is 11.3 Å². The summed E-state index contributed by atoms with van der Waals surface area (Å²) in [6.07, 6.45) is 0.912. The number of nitrogens with zero attached hydrogens (tertiary/aromatic N) is 2. The molecule has 0 radical (unpaired) electrons. The minimum Gasteiger partial charge on any atom is -0.494 e. The molecule has 27 heavy (non-hydrogen) atoms. The molecule has 1 amide bonds. The Bertz CT molecular complexity index is 729. The van der Waals surface area contributed by atoms with E-state index in [1.54, 1.807) is 30.3 Å². The number of aliphatic imine (C=N–C) groups is 1. The molecule has 0 aliphatic carbocycles. The smallest absolute Gasteiger partial charge is 0.241 e. The fourth-order valence-corrected chi connectivity index (χ4v) is 3.05. The highest BCUT2D eigenvalue weighted by Gasteiger charge is 2.07. The Morgan fingerprint density at radius 3 is 2.70 bits per heavy atom. The quantitative estimate of drug-likeness (QED) is 0.512. The van der Waals surface area contributed by atoms with Crippen molar-refractivity contribution in [2.75, 3.05) is 33.8 Å². The standard InChI is InChI=1S/C20H28N4O2S/c1-4-26-18-10-6-5-8-16(18)14-22-20(23-15-19(25)24(2)3)21-12-11-17-9-7-13-27-17/h5-10,13H,4,11-12,14-15H2,1-3H3,(H2,21,22,23). The molecule has 0 unspecified atom stereocenters. The third-order valence-electron chi connectivity index (χ3n) is 3.83. The van der Waals surface area contributed by atoms with Gasteiger partial charge in [0.2, 0.25) is 5.91 Å². The molecule has 0 spiro atoms. The zero-order valence-corrected chi connectivity index (χ0v) is 17.0. The number of nitrogens with one attached hydrogen (secondary N) is 2. The number of carbonyl (C=O) groups is 1. The lowest BCUT2D eigenvalue weighted by atomic mass is 10.2. The molecule has 1 aromatic heterocycles. The van der Waals surface area contributed by atoms with Crippen molar-refractivity contribution < 1.29 is 9.53 Å². The summed E-state index contributed by atoms with van der Waals surface area (Å²) < 4.78 is 5.66. The van der Waals surface area contributed by atoms with Crippen LogP contribution in [0.4, 0.5) is 0 Å². The molecular weight excluding hydrogens is 360 g/mol. The van der Waals surface area contributed by atoms with Crippen LogP contribution in [-0.2, 0) is 17.8 Å². The first kappa shape index (κ1) is 20.8. The molecule has 0 saturated carbocycles. The predicted octanol–water partition coefficient (Wildman–Crippen LogP) is 2.51. The van der Waals surface area contributed by atoms with E-state index in [9.17, 15) is 4.79 Å². The lowest BCUT2D eigenvalue weighted by Crippen LogP contribution is -2.43. The van der Waals surface area contributed by atoms with Gasteiger partial charge in [-0.2, -0.15) is 0 Å². The Kier molecular flexibility index (Phi) is 8.64. The van der Waals surface area contributed by atoms with Crippen LogP contribution in [0.25, 0.3) is 0 Å². The van der Waals surface area contributed by atoms with E-state index in [2.05, 4.69) is 27.1 Å². The number of rotatable bonds is 9. The van der Waals surface area contributed by atoms with Gasteiger partial charge in [0.05, 0.1) is 19.7 Å². The summed E-state index contributed by atoms with van der Waals surface area (Å²) in [5.41, 5.74) is 1.01. The molecule has 2 rings (SSSR count). The minimum atomic E-state index is -0.00234. The van der Waals surface area contributed by atoms with Crippen molar-refractivity contribution in [3.63, 3.8) is 0 Å². The van der Waals surface area contributed by atoms with Gasteiger partial charge in [0.1, 0.15) is 5.75 Å². The minimum absolute atomic E-state index is 0.00234. The summed E-state index contributed by atoms with van der Waals surface area (Å²) in [7, 11) is 3.48. The van der Waals surface area contributed by atoms with Gasteiger partial charge >= 0.3 is 0 Å². The number of ether oxygens (including phenoxy) is 1. The highest BCUT2D eigenvalue weighted by molar-refractivity contribution is 7.09. The van der Waals surface area contributed by atoms with E-state index < -0.39 is 0 Å². The normalized spacial score (nSPS) is 11.1. The number of hydrogen-bond donors (Lipinski definition) is 2. The first-order chi connectivity index (χ1) is 13.1. The van der Waals surface area contributed by atoms with Gasteiger partial charge in [0.25, 0.3) is 0 Å². The number of hydrogen-bond acceptors (Lipinski definition) is 4. The maximum atomic E-state index is 11.9. The van der Waals surface area contributed by atoms with Crippen LogP contribution in [0.15, 0.2) is 46.8 Å². The van der Waals surface area contributed by atoms with Gasteiger partial charge < -0.3 is 20.3 Å². The van der Waals surface area contributed by atoms with Gasteiger partial charge in [-0.15, -0.1) is 11.3 Å². The number of para-hydroxylation sites is 1. The number of carbonyl (C=O) groups excluding carboxylic acids is 1. The van der Waals surface area contributed by atoms with Crippen LogP contribution in [0.1, 0.15) is 17.4 Å². The molecule has 2 N–H and O–H groups in total. The van der Waals surface area contributed by atoms with E-state index in [-0.39, 0.29) is 12.5 Å². The van der Waals surface area contributed by atoms with Crippen molar-refractivity contribution in [3.05, 3.63) is 52.2 Å². The molecule has 0 atom stereocenters. The van der Waals surface area contributed by atoms with Crippen molar-refractivity contribution in [2.45, 2.75) is 19.9 Å². The van der Waals surface area contributed by atoms with Gasteiger partial charge in [-0.25, -0.2) is 4.99 Å². The van der Waals surface area contributed by atoms with Gasteiger partial charge in [0, 0.05) is 31.1 Å². The average molecular weight is 389 g/mol. The number of amides is 1. The molecule has 6 nitrogen and oxygen atoms in total. The third-order valence-corrected chi connectivity index (χ3v) is 4.77. The van der Waals surface area contributed by atoms with Gasteiger partial charge in [0.15, 0.2) is 5.96 Å². The number of likely N-dealkylation sites (N-methyl/N-ethyl adjacent to an activating group) is 1. The van der Waals surface area contributed by atoms with Crippen LogP contribution in [0.2, 0.25) is 0 Å². The molecule has 0 saturated heterocycles.